The molecule has 0 fully saturated rings. The first kappa shape index (κ1) is 10.9. The van der Waals surface area contributed by atoms with Gasteiger partial charge in [0, 0.05) is 18.4 Å². The van der Waals surface area contributed by atoms with Gasteiger partial charge in [-0.05, 0) is 37.5 Å². The van der Waals surface area contributed by atoms with Crippen LogP contribution in [0.2, 0.25) is 0 Å². The minimum absolute atomic E-state index is 0.00389. The fourth-order valence-electron chi connectivity index (χ4n) is 2.24. The molecule has 3 heteroatoms. The van der Waals surface area contributed by atoms with E-state index in [1.54, 1.807) is 0 Å². The molecule has 0 saturated carbocycles. The Morgan fingerprint density at radius 2 is 2.50 bits per heavy atom. The lowest BCUT2D eigenvalue weighted by atomic mass is 10.1. The molecular weight excluding hydrogens is 200 g/mol. The highest BCUT2D eigenvalue weighted by Crippen LogP contribution is 2.27. The molecule has 0 aromatic carbocycles. The second-order valence-corrected chi connectivity index (χ2v) is 4.05. The van der Waals surface area contributed by atoms with Crippen molar-refractivity contribution in [1.29, 1.82) is 0 Å². The van der Waals surface area contributed by atoms with Crippen molar-refractivity contribution >= 4 is 5.91 Å². The second kappa shape index (κ2) is 4.47. The van der Waals surface area contributed by atoms with E-state index in [2.05, 4.69) is 17.6 Å². The van der Waals surface area contributed by atoms with Gasteiger partial charge in [0.25, 0.3) is 0 Å². The molecule has 16 heavy (non-hydrogen) atoms. The first-order valence-electron chi connectivity index (χ1n) is 5.61. The molecule has 1 amide bonds. The number of aryl methyl sites for hydroxylation is 1. The van der Waals surface area contributed by atoms with Gasteiger partial charge < -0.3 is 4.90 Å². The van der Waals surface area contributed by atoms with Crippen LogP contribution in [-0.2, 0) is 11.2 Å². The van der Waals surface area contributed by atoms with E-state index in [0.29, 0.717) is 0 Å². The fourth-order valence-corrected chi connectivity index (χ4v) is 2.24. The number of rotatable bonds is 1. The van der Waals surface area contributed by atoms with Crippen LogP contribution >= 0.6 is 0 Å². The number of aromatic nitrogens is 1. The molecule has 1 aromatic heterocycles. The van der Waals surface area contributed by atoms with Crippen LogP contribution in [0.15, 0.2) is 31.0 Å². The predicted octanol–water partition coefficient (Wildman–Crippen LogP) is 2.10. The van der Waals surface area contributed by atoms with Crippen molar-refractivity contribution in [3.63, 3.8) is 0 Å². The minimum atomic E-state index is 0.00389. The van der Waals surface area contributed by atoms with Crippen LogP contribution in [-0.4, -0.2) is 22.3 Å². The third-order valence-electron chi connectivity index (χ3n) is 3.11. The summed E-state index contributed by atoms with van der Waals surface area (Å²) in [5.74, 6) is 0.00389. The third kappa shape index (κ3) is 1.85. The molecule has 0 N–H and O–H groups in total. The fraction of sp³-hybridized carbons (Fsp3) is 0.385. The van der Waals surface area contributed by atoms with Gasteiger partial charge in [0.05, 0.1) is 6.04 Å². The van der Waals surface area contributed by atoms with Crippen LogP contribution < -0.4 is 0 Å². The highest BCUT2D eigenvalue weighted by atomic mass is 16.2. The van der Waals surface area contributed by atoms with E-state index in [1.165, 1.54) is 6.08 Å². The summed E-state index contributed by atoms with van der Waals surface area (Å²) in [5.41, 5.74) is 2.28. The second-order valence-electron chi connectivity index (χ2n) is 4.05. The van der Waals surface area contributed by atoms with Gasteiger partial charge in [-0.3, -0.25) is 9.78 Å². The average Bonchev–Trinajstić information content (AvgIpc) is 2.49. The minimum Gasteiger partial charge on any atom is -0.332 e. The molecule has 0 bridgehead atoms. The molecule has 84 valence electrons. The number of pyridine rings is 1. The SMILES string of the molecule is C=CC(=O)N1CCCc2ncccc2C1C. The topological polar surface area (TPSA) is 33.2 Å². The van der Waals surface area contributed by atoms with E-state index in [4.69, 9.17) is 0 Å². The number of nitrogens with zero attached hydrogens (tertiary/aromatic N) is 2. The Morgan fingerprint density at radius 1 is 1.69 bits per heavy atom. The van der Waals surface area contributed by atoms with Gasteiger partial charge in [-0.15, -0.1) is 0 Å². The molecule has 0 radical (unpaired) electrons. The van der Waals surface area contributed by atoms with Crippen LogP contribution in [0.25, 0.3) is 0 Å². The third-order valence-corrected chi connectivity index (χ3v) is 3.11. The summed E-state index contributed by atoms with van der Waals surface area (Å²) in [4.78, 5) is 18.0. The molecule has 0 saturated heterocycles. The number of fused-ring (bicyclic) bond motifs is 1. The maximum absolute atomic E-state index is 11.7. The Balaban J connectivity index is 2.36. The van der Waals surface area contributed by atoms with Crippen molar-refractivity contribution in [3.05, 3.63) is 42.2 Å². The Labute approximate surface area is 95.8 Å². The smallest absolute Gasteiger partial charge is 0.246 e. The number of hydrogen-bond acceptors (Lipinski definition) is 2. The molecule has 2 heterocycles. The van der Waals surface area contributed by atoms with E-state index in [-0.39, 0.29) is 11.9 Å². The Kier molecular flexibility index (Phi) is 3.04. The van der Waals surface area contributed by atoms with E-state index < -0.39 is 0 Å². The number of amides is 1. The summed E-state index contributed by atoms with van der Waals surface area (Å²) in [6.45, 7) is 6.38. The van der Waals surface area contributed by atoms with Crippen molar-refractivity contribution < 1.29 is 4.79 Å². The lowest BCUT2D eigenvalue weighted by Crippen LogP contribution is -2.32. The largest absolute Gasteiger partial charge is 0.332 e. The highest BCUT2D eigenvalue weighted by molar-refractivity contribution is 5.87. The van der Waals surface area contributed by atoms with Gasteiger partial charge in [-0.1, -0.05) is 12.6 Å². The van der Waals surface area contributed by atoms with Crippen molar-refractivity contribution in [1.82, 2.24) is 9.88 Å². The lowest BCUT2D eigenvalue weighted by molar-refractivity contribution is -0.128. The standard InChI is InChI=1S/C13H16N2O/c1-3-13(16)15-9-5-7-12-11(10(15)2)6-4-8-14-12/h3-4,6,8,10H,1,5,7,9H2,2H3. The van der Waals surface area contributed by atoms with Crippen molar-refractivity contribution in [2.24, 2.45) is 0 Å². The zero-order valence-electron chi connectivity index (χ0n) is 9.52. The maximum Gasteiger partial charge on any atom is 0.246 e. The highest BCUT2D eigenvalue weighted by Gasteiger charge is 2.24. The molecule has 1 atom stereocenters. The summed E-state index contributed by atoms with van der Waals surface area (Å²) < 4.78 is 0. The van der Waals surface area contributed by atoms with Crippen LogP contribution in [0.4, 0.5) is 0 Å². The van der Waals surface area contributed by atoms with Crippen LogP contribution in [0.5, 0.6) is 0 Å². The summed E-state index contributed by atoms with van der Waals surface area (Å²) in [7, 11) is 0. The zero-order chi connectivity index (χ0) is 11.5. The molecule has 2 rings (SSSR count). The Bertz CT molecular complexity index is 414. The molecule has 1 aliphatic heterocycles. The van der Waals surface area contributed by atoms with Crippen molar-refractivity contribution in [2.45, 2.75) is 25.8 Å². The van der Waals surface area contributed by atoms with E-state index >= 15 is 0 Å². The summed E-state index contributed by atoms with van der Waals surface area (Å²) in [5, 5.41) is 0. The van der Waals surface area contributed by atoms with Crippen molar-refractivity contribution in [2.75, 3.05) is 6.54 Å². The van der Waals surface area contributed by atoms with Crippen molar-refractivity contribution in [3.8, 4) is 0 Å². The number of carbonyl (C=O) groups is 1. The number of carbonyl (C=O) groups excluding carboxylic acids is 1. The lowest BCUT2D eigenvalue weighted by Gasteiger charge is -2.26. The Morgan fingerprint density at radius 3 is 3.25 bits per heavy atom. The molecule has 3 nitrogen and oxygen atoms in total. The van der Waals surface area contributed by atoms with Crippen LogP contribution in [0, 0.1) is 0 Å². The zero-order valence-corrected chi connectivity index (χ0v) is 9.52. The van der Waals surface area contributed by atoms with E-state index in [0.717, 1.165) is 30.6 Å². The van der Waals surface area contributed by atoms with Gasteiger partial charge in [0.2, 0.25) is 5.91 Å². The molecule has 1 aromatic rings. The average molecular weight is 216 g/mol. The van der Waals surface area contributed by atoms with Crippen LogP contribution in [0.1, 0.15) is 30.6 Å². The monoisotopic (exact) mass is 216 g/mol. The van der Waals surface area contributed by atoms with Gasteiger partial charge in [0.15, 0.2) is 0 Å². The molecule has 0 spiro atoms. The maximum atomic E-state index is 11.7. The Hall–Kier alpha value is -1.64. The summed E-state index contributed by atoms with van der Waals surface area (Å²) in [6.07, 6.45) is 5.11. The molecule has 1 aliphatic rings. The van der Waals surface area contributed by atoms with E-state index in [1.807, 2.05) is 24.1 Å². The van der Waals surface area contributed by atoms with E-state index in [9.17, 15) is 4.79 Å². The quantitative estimate of drug-likeness (QED) is 0.673. The summed E-state index contributed by atoms with van der Waals surface area (Å²) in [6, 6.07) is 4.08. The molecule has 1 unspecified atom stereocenters. The predicted molar refractivity (Wildman–Crippen MR) is 62.9 cm³/mol. The van der Waals surface area contributed by atoms with Gasteiger partial charge in [-0.2, -0.15) is 0 Å². The molecular formula is C13H16N2O. The first-order chi connectivity index (χ1) is 7.74. The normalized spacial score (nSPS) is 19.8. The van der Waals surface area contributed by atoms with Gasteiger partial charge >= 0.3 is 0 Å². The van der Waals surface area contributed by atoms with Gasteiger partial charge in [0.1, 0.15) is 0 Å². The van der Waals surface area contributed by atoms with Gasteiger partial charge in [-0.25, -0.2) is 0 Å². The summed E-state index contributed by atoms with van der Waals surface area (Å²) >= 11 is 0. The number of hydrogen-bond donors (Lipinski definition) is 0. The first-order valence-corrected chi connectivity index (χ1v) is 5.61. The molecule has 0 aliphatic carbocycles. The van der Waals surface area contributed by atoms with Crippen LogP contribution in [0.3, 0.4) is 0 Å².